The van der Waals surface area contributed by atoms with Crippen LogP contribution in [0.2, 0.25) is 0 Å². The number of rotatable bonds is 3. The SMILES string of the molecule is Cn1cnc(Br)c1N=C(c1ccccc1)c1ccccc1. The number of nitrogens with zero attached hydrogens (tertiary/aromatic N) is 3. The van der Waals surface area contributed by atoms with E-state index in [9.17, 15) is 0 Å². The van der Waals surface area contributed by atoms with Gasteiger partial charge in [0.05, 0.1) is 12.0 Å². The van der Waals surface area contributed by atoms with Crippen molar-refractivity contribution < 1.29 is 0 Å². The van der Waals surface area contributed by atoms with Gasteiger partial charge in [0.2, 0.25) is 0 Å². The van der Waals surface area contributed by atoms with Crippen LogP contribution in [0.25, 0.3) is 0 Å². The lowest BCUT2D eigenvalue weighted by Crippen LogP contribution is -2.03. The molecule has 1 heterocycles. The van der Waals surface area contributed by atoms with Crippen molar-refractivity contribution in [1.82, 2.24) is 9.55 Å². The first-order valence-corrected chi connectivity index (χ1v) is 7.41. The van der Waals surface area contributed by atoms with Crippen LogP contribution in [-0.2, 0) is 7.05 Å². The van der Waals surface area contributed by atoms with Crippen LogP contribution in [0.15, 0.2) is 76.6 Å². The summed E-state index contributed by atoms with van der Waals surface area (Å²) in [6, 6.07) is 20.4. The Labute approximate surface area is 132 Å². The molecule has 1 aromatic heterocycles. The molecule has 0 amide bonds. The van der Waals surface area contributed by atoms with E-state index < -0.39 is 0 Å². The molecule has 4 heteroatoms. The Kier molecular flexibility index (Phi) is 3.97. The number of benzene rings is 2. The van der Waals surface area contributed by atoms with E-state index in [0.717, 1.165) is 27.3 Å². The minimum absolute atomic E-state index is 0.745. The van der Waals surface area contributed by atoms with Gasteiger partial charge in [0.15, 0.2) is 10.4 Å². The molecule has 21 heavy (non-hydrogen) atoms. The van der Waals surface area contributed by atoms with Crippen LogP contribution in [0.5, 0.6) is 0 Å². The van der Waals surface area contributed by atoms with Gasteiger partial charge in [-0.1, -0.05) is 60.7 Å². The first kappa shape index (κ1) is 13.8. The largest absolute Gasteiger partial charge is 0.318 e. The smallest absolute Gasteiger partial charge is 0.167 e. The summed E-state index contributed by atoms with van der Waals surface area (Å²) in [4.78, 5) is 9.06. The maximum atomic E-state index is 4.83. The predicted molar refractivity (Wildman–Crippen MR) is 89.1 cm³/mol. The standard InChI is InChI=1S/C17H14BrN3/c1-21-12-19-16(18)17(21)20-15(13-8-4-2-5-9-13)14-10-6-3-7-11-14/h2-12H,1H3. The molecule has 0 unspecified atom stereocenters. The highest BCUT2D eigenvalue weighted by molar-refractivity contribution is 9.10. The zero-order chi connectivity index (χ0) is 14.7. The molecule has 2 aromatic carbocycles. The minimum Gasteiger partial charge on any atom is -0.318 e. The molecular formula is C17H14BrN3. The molecule has 0 bridgehead atoms. The van der Waals surface area contributed by atoms with E-state index in [1.54, 1.807) is 6.33 Å². The molecule has 0 spiro atoms. The molecule has 0 aliphatic rings. The number of hydrogen-bond donors (Lipinski definition) is 0. The summed E-state index contributed by atoms with van der Waals surface area (Å²) in [7, 11) is 1.93. The van der Waals surface area contributed by atoms with Gasteiger partial charge in [0.25, 0.3) is 0 Å². The summed E-state index contributed by atoms with van der Waals surface area (Å²) in [6.07, 6.45) is 1.75. The van der Waals surface area contributed by atoms with Crippen molar-refractivity contribution in [2.75, 3.05) is 0 Å². The molecule has 0 fully saturated rings. The zero-order valence-corrected chi connectivity index (χ0v) is 13.2. The minimum atomic E-state index is 0.745. The highest BCUT2D eigenvalue weighted by Gasteiger charge is 2.10. The number of aryl methyl sites for hydroxylation is 1. The molecule has 0 saturated heterocycles. The Morgan fingerprint density at radius 2 is 1.48 bits per heavy atom. The van der Waals surface area contributed by atoms with Crippen LogP contribution in [-0.4, -0.2) is 15.3 Å². The fraction of sp³-hybridized carbons (Fsp3) is 0.0588. The molecule has 0 aliphatic carbocycles. The highest BCUT2D eigenvalue weighted by Crippen LogP contribution is 2.25. The molecule has 0 N–H and O–H groups in total. The van der Waals surface area contributed by atoms with E-state index in [4.69, 9.17) is 4.99 Å². The Balaban J connectivity index is 2.18. The summed E-state index contributed by atoms with van der Waals surface area (Å²) in [5, 5.41) is 0. The monoisotopic (exact) mass is 339 g/mol. The maximum Gasteiger partial charge on any atom is 0.167 e. The summed E-state index contributed by atoms with van der Waals surface area (Å²) in [6.45, 7) is 0. The summed E-state index contributed by atoms with van der Waals surface area (Å²) >= 11 is 3.45. The third-order valence-corrected chi connectivity index (χ3v) is 3.73. The number of hydrogen-bond acceptors (Lipinski definition) is 2. The molecule has 3 nitrogen and oxygen atoms in total. The topological polar surface area (TPSA) is 30.2 Å². The van der Waals surface area contributed by atoms with Crippen LogP contribution >= 0.6 is 15.9 Å². The van der Waals surface area contributed by atoms with E-state index in [0.29, 0.717) is 0 Å². The maximum absolute atomic E-state index is 4.83. The van der Waals surface area contributed by atoms with Crippen LogP contribution in [0.3, 0.4) is 0 Å². The van der Waals surface area contributed by atoms with E-state index in [1.807, 2.05) is 48.0 Å². The van der Waals surface area contributed by atoms with E-state index in [2.05, 4.69) is 45.2 Å². The van der Waals surface area contributed by atoms with Gasteiger partial charge in [-0.15, -0.1) is 0 Å². The van der Waals surface area contributed by atoms with Gasteiger partial charge in [-0.25, -0.2) is 9.98 Å². The molecule has 3 aromatic rings. The third-order valence-electron chi connectivity index (χ3n) is 3.18. The lowest BCUT2D eigenvalue weighted by Gasteiger charge is -2.08. The molecule has 104 valence electrons. The predicted octanol–water partition coefficient (Wildman–Crippen LogP) is 4.35. The average molecular weight is 340 g/mol. The second-order valence-electron chi connectivity index (χ2n) is 4.66. The molecule has 0 radical (unpaired) electrons. The van der Waals surface area contributed by atoms with Gasteiger partial charge < -0.3 is 4.57 Å². The van der Waals surface area contributed by atoms with Gasteiger partial charge in [-0.3, -0.25) is 0 Å². The van der Waals surface area contributed by atoms with Crippen LogP contribution in [0.1, 0.15) is 11.1 Å². The Hall–Kier alpha value is -2.20. The quantitative estimate of drug-likeness (QED) is 0.652. The van der Waals surface area contributed by atoms with Crippen molar-refractivity contribution in [2.24, 2.45) is 12.0 Å². The van der Waals surface area contributed by atoms with Gasteiger partial charge in [-0.05, 0) is 15.9 Å². The second kappa shape index (κ2) is 6.06. The summed E-state index contributed by atoms with van der Waals surface area (Å²) in [5.74, 6) is 0.803. The van der Waals surface area contributed by atoms with Crippen molar-refractivity contribution in [3.63, 3.8) is 0 Å². The first-order chi connectivity index (χ1) is 10.3. The number of aromatic nitrogens is 2. The van der Waals surface area contributed by atoms with Crippen molar-refractivity contribution in [3.05, 3.63) is 82.7 Å². The molecule has 0 aliphatic heterocycles. The normalized spacial score (nSPS) is 10.4. The van der Waals surface area contributed by atoms with Crippen LogP contribution < -0.4 is 0 Å². The molecule has 0 saturated carbocycles. The average Bonchev–Trinajstić information content (AvgIpc) is 2.85. The highest BCUT2D eigenvalue weighted by atomic mass is 79.9. The first-order valence-electron chi connectivity index (χ1n) is 6.62. The van der Waals surface area contributed by atoms with Gasteiger partial charge in [0.1, 0.15) is 0 Å². The van der Waals surface area contributed by atoms with E-state index in [-0.39, 0.29) is 0 Å². The van der Waals surface area contributed by atoms with Gasteiger partial charge in [-0.2, -0.15) is 0 Å². The third kappa shape index (κ3) is 2.95. The summed E-state index contributed by atoms with van der Waals surface area (Å²) in [5.41, 5.74) is 3.09. The van der Waals surface area contributed by atoms with E-state index in [1.165, 1.54) is 0 Å². The zero-order valence-electron chi connectivity index (χ0n) is 11.6. The van der Waals surface area contributed by atoms with Crippen LogP contribution in [0.4, 0.5) is 5.82 Å². The number of imidazole rings is 1. The Morgan fingerprint density at radius 3 is 1.90 bits per heavy atom. The summed E-state index contributed by atoms with van der Waals surface area (Å²) < 4.78 is 2.64. The van der Waals surface area contributed by atoms with Crippen molar-refractivity contribution in [1.29, 1.82) is 0 Å². The Morgan fingerprint density at radius 1 is 0.952 bits per heavy atom. The van der Waals surface area contributed by atoms with Crippen molar-refractivity contribution in [2.45, 2.75) is 0 Å². The molecular weight excluding hydrogens is 326 g/mol. The number of halogens is 1. The Bertz CT molecular complexity index is 700. The van der Waals surface area contributed by atoms with Gasteiger partial charge >= 0.3 is 0 Å². The molecule has 3 rings (SSSR count). The lowest BCUT2D eigenvalue weighted by atomic mass is 10.0. The second-order valence-corrected chi connectivity index (χ2v) is 5.41. The lowest BCUT2D eigenvalue weighted by molar-refractivity contribution is 0.912. The van der Waals surface area contributed by atoms with Crippen LogP contribution in [0, 0.1) is 0 Å². The van der Waals surface area contributed by atoms with Crippen molar-refractivity contribution >= 4 is 27.5 Å². The van der Waals surface area contributed by atoms with Gasteiger partial charge in [0, 0.05) is 18.2 Å². The van der Waals surface area contributed by atoms with Crippen molar-refractivity contribution in [3.8, 4) is 0 Å². The van der Waals surface area contributed by atoms with E-state index >= 15 is 0 Å². The number of aliphatic imine (C=N–C) groups is 1. The fourth-order valence-electron chi connectivity index (χ4n) is 2.11. The fourth-order valence-corrected chi connectivity index (χ4v) is 2.57. The molecule has 0 atom stereocenters.